The third-order valence-corrected chi connectivity index (χ3v) is 3.17. The van der Waals surface area contributed by atoms with E-state index in [0.717, 1.165) is 14.6 Å². The highest BCUT2D eigenvalue weighted by Crippen LogP contribution is 2.25. The molecule has 84 valence electrons. The summed E-state index contributed by atoms with van der Waals surface area (Å²) in [4.78, 5) is 0. The van der Waals surface area contributed by atoms with Crippen molar-refractivity contribution in [2.45, 2.75) is 13.0 Å². The fourth-order valence-electron chi connectivity index (χ4n) is 1.30. The van der Waals surface area contributed by atoms with Gasteiger partial charge in [0.1, 0.15) is 0 Å². The van der Waals surface area contributed by atoms with Gasteiger partial charge in [0.05, 0.1) is 11.7 Å². The molecule has 1 unspecified atom stereocenters. The second-order valence-electron chi connectivity index (χ2n) is 3.33. The molecule has 1 aromatic heterocycles. The summed E-state index contributed by atoms with van der Waals surface area (Å²) in [6.07, 6.45) is 0. The van der Waals surface area contributed by atoms with Gasteiger partial charge in [-0.1, -0.05) is 15.9 Å². The Morgan fingerprint density at radius 1 is 1.38 bits per heavy atom. The second kappa shape index (κ2) is 4.60. The molecule has 7 heteroatoms. The van der Waals surface area contributed by atoms with E-state index < -0.39 is 0 Å². The van der Waals surface area contributed by atoms with Crippen LogP contribution >= 0.6 is 31.9 Å². The van der Waals surface area contributed by atoms with Crippen molar-refractivity contribution in [3.63, 3.8) is 0 Å². The van der Waals surface area contributed by atoms with E-state index >= 15 is 0 Å². The highest BCUT2D eigenvalue weighted by atomic mass is 79.9. The van der Waals surface area contributed by atoms with Gasteiger partial charge in [-0.3, -0.25) is 0 Å². The molecule has 0 bridgehead atoms. The van der Waals surface area contributed by atoms with Gasteiger partial charge in [-0.05, 0) is 51.5 Å². The van der Waals surface area contributed by atoms with E-state index in [1.54, 1.807) is 4.68 Å². The standard InChI is InChI=1S/C9H9Br2N5/c1-5(12)9-13-14-15-16(9)8-3-2-6(10)4-7(8)11/h2-5H,12H2,1H3. The third-order valence-electron chi connectivity index (χ3n) is 2.04. The van der Waals surface area contributed by atoms with Gasteiger partial charge in [-0.15, -0.1) is 5.10 Å². The molecule has 1 aromatic carbocycles. The number of halogens is 2. The molecule has 1 heterocycles. The molecule has 0 saturated carbocycles. The average Bonchev–Trinajstić information content (AvgIpc) is 2.66. The topological polar surface area (TPSA) is 69.6 Å². The van der Waals surface area contributed by atoms with Crippen LogP contribution in [0.3, 0.4) is 0 Å². The van der Waals surface area contributed by atoms with E-state index in [9.17, 15) is 0 Å². The maximum atomic E-state index is 5.79. The van der Waals surface area contributed by atoms with E-state index in [0.29, 0.717) is 5.82 Å². The average molecular weight is 347 g/mol. The van der Waals surface area contributed by atoms with Gasteiger partial charge < -0.3 is 5.73 Å². The predicted molar refractivity (Wildman–Crippen MR) is 67.2 cm³/mol. The van der Waals surface area contributed by atoms with E-state index in [2.05, 4.69) is 47.4 Å². The lowest BCUT2D eigenvalue weighted by Crippen LogP contribution is -2.13. The molecule has 16 heavy (non-hydrogen) atoms. The lowest BCUT2D eigenvalue weighted by Gasteiger charge is -2.08. The number of hydrogen-bond acceptors (Lipinski definition) is 4. The van der Waals surface area contributed by atoms with Gasteiger partial charge in [-0.25, -0.2) is 0 Å². The van der Waals surface area contributed by atoms with Crippen molar-refractivity contribution in [3.05, 3.63) is 33.0 Å². The number of nitrogens with two attached hydrogens (primary N) is 1. The van der Waals surface area contributed by atoms with Gasteiger partial charge in [0, 0.05) is 8.95 Å². The zero-order chi connectivity index (χ0) is 11.7. The minimum atomic E-state index is -0.217. The first-order valence-electron chi connectivity index (χ1n) is 4.59. The summed E-state index contributed by atoms with van der Waals surface area (Å²) in [5, 5.41) is 11.5. The van der Waals surface area contributed by atoms with Crippen LogP contribution in [-0.2, 0) is 0 Å². The SMILES string of the molecule is CC(N)c1nnnn1-c1ccc(Br)cc1Br. The van der Waals surface area contributed by atoms with Crippen LogP contribution in [0.2, 0.25) is 0 Å². The van der Waals surface area contributed by atoms with Crippen molar-refractivity contribution in [3.8, 4) is 5.69 Å². The van der Waals surface area contributed by atoms with Crippen LogP contribution in [0.25, 0.3) is 5.69 Å². The second-order valence-corrected chi connectivity index (χ2v) is 5.10. The van der Waals surface area contributed by atoms with Gasteiger partial charge in [0.2, 0.25) is 0 Å². The fraction of sp³-hybridized carbons (Fsp3) is 0.222. The lowest BCUT2D eigenvalue weighted by atomic mass is 10.3. The Morgan fingerprint density at radius 3 is 2.75 bits per heavy atom. The Kier molecular flexibility index (Phi) is 3.36. The molecule has 0 radical (unpaired) electrons. The van der Waals surface area contributed by atoms with Gasteiger partial charge in [0.15, 0.2) is 5.82 Å². The van der Waals surface area contributed by atoms with Crippen molar-refractivity contribution < 1.29 is 0 Å². The minimum absolute atomic E-state index is 0.217. The molecule has 0 aliphatic rings. The Balaban J connectivity index is 2.54. The zero-order valence-corrected chi connectivity index (χ0v) is 11.6. The minimum Gasteiger partial charge on any atom is -0.321 e. The number of rotatable bonds is 2. The van der Waals surface area contributed by atoms with Crippen LogP contribution in [0, 0.1) is 0 Å². The van der Waals surface area contributed by atoms with E-state index in [-0.39, 0.29) is 6.04 Å². The quantitative estimate of drug-likeness (QED) is 0.905. The summed E-state index contributed by atoms with van der Waals surface area (Å²) >= 11 is 6.86. The van der Waals surface area contributed by atoms with Gasteiger partial charge >= 0.3 is 0 Å². The number of nitrogens with zero attached hydrogens (tertiary/aromatic N) is 4. The summed E-state index contributed by atoms with van der Waals surface area (Å²) in [5.74, 6) is 0.628. The molecule has 0 aliphatic heterocycles. The van der Waals surface area contributed by atoms with E-state index in [1.807, 2.05) is 25.1 Å². The normalized spacial score (nSPS) is 12.8. The Hall–Kier alpha value is -0.790. The van der Waals surface area contributed by atoms with Crippen molar-refractivity contribution in [1.82, 2.24) is 20.2 Å². The molecule has 2 N–H and O–H groups in total. The smallest absolute Gasteiger partial charge is 0.173 e. The van der Waals surface area contributed by atoms with Crippen molar-refractivity contribution >= 4 is 31.9 Å². The number of tetrazole rings is 1. The first kappa shape index (κ1) is 11.7. The van der Waals surface area contributed by atoms with Crippen LogP contribution in [0.1, 0.15) is 18.8 Å². The van der Waals surface area contributed by atoms with Gasteiger partial charge in [-0.2, -0.15) is 4.68 Å². The Morgan fingerprint density at radius 2 is 2.12 bits per heavy atom. The summed E-state index contributed by atoms with van der Waals surface area (Å²) in [7, 11) is 0. The fourth-order valence-corrected chi connectivity index (χ4v) is 2.52. The van der Waals surface area contributed by atoms with Gasteiger partial charge in [0.25, 0.3) is 0 Å². The van der Waals surface area contributed by atoms with E-state index in [1.165, 1.54) is 0 Å². The summed E-state index contributed by atoms with van der Waals surface area (Å²) in [6, 6.07) is 5.55. The molecule has 1 atom stereocenters. The highest BCUT2D eigenvalue weighted by Gasteiger charge is 2.14. The summed E-state index contributed by atoms with van der Waals surface area (Å²) in [5.41, 5.74) is 6.65. The summed E-state index contributed by atoms with van der Waals surface area (Å²) < 4.78 is 3.51. The lowest BCUT2D eigenvalue weighted by molar-refractivity contribution is 0.687. The molecule has 0 amide bonds. The molecular weight excluding hydrogens is 338 g/mol. The monoisotopic (exact) mass is 345 g/mol. The van der Waals surface area contributed by atoms with Crippen LogP contribution in [0.4, 0.5) is 0 Å². The summed E-state index contributed by atoms with van der Waals surface area (Å²) in [6.45, 7) is 1.84. The van der Waals surface area contributed by atoms with Crippen molar-refractivity contribution in [2.24, 2.45) is 5.73 Å². The van der Waals surface area contributed by atoms with Crippen LogP contribution in [-0.4, -0.2) is 20.2 Å². The molecule has 2 aromatic rings. The van der Waals surface area contributed by atoms with Crippen LogP contribution in [0.5, 0.6) is 0 Å². The molecular formula is C9H9Br2N5. The molecule has 0 fully saturated rings. The zero-order valence-electron chi connectivity index (χ0n) is 8.43. The molecule has 2 rings (SSSR count). The highest BCUT2D eigenvalue weighted by molar-refractivity contribution is 9.11. The molecule has 0 spiro atoms. The maximum absolute atomic E-state index is 5.79. The third kappa shape index (κ3) is 2.16. The molecule has 0 saturated heterocycles. The Bertz CT molecular complexity index is 508. The molecule has 0 aliphatic carbocycles. The Labute approximate surface area is 109 Å². The number of benzene rings is 1. The number of hydrogen-bond donors (Lipinski definition) is 1. The largest absolute Gasteiger partial charge is 0.321 e. The first-order valence-corrected chi connectivity index (χ1v) is 6.17. The maximum Gasteiger partial charge on any atom is 0.173 e. The van der Waals surface area contributed by atoms with E-state index in [4.69, 9.17) is 5.73 Å². The predicted octanol–water partition coefficient (Wildman–Crippen LogP) is 2.21. The molecule has 5 nitrogen and oxygen atoms in total. The van der Waals surface area contributed by atoms with Crippen molar-refractivity contribution in [1.29, 1.82) is 0 Å². The number of aromatic nitrogens is 4. The van der Waals surface area contributed by atoms with Crippen LogP contribution in [0.15, 0.2) is 27.1 Å². The van der Waals surface area contributed by atoms with Crippen molar-refractivity contribution in [2.75, 3.05) is 0 Å². The first-order chi connectivity index (χ1) is 7.59. The van der Waals surface area contributed by atoms with Crippen LogP contribution < -0.4 is 5.73 Å².